The Hall–Kier alpha value is -3.83. The lowest BCUT2D eigenvalue weighted by molar-refractivity contribution is -0.0368. The van der Waals surface area contributed by atoms with Crippen molar-refractivity contribution in [1.82, 2.24) is 30.0 Å². The fourth-order valence-corrected chi connectivity index (χ4v) is 6.90. The number of pyridine rings is 1. The van der Waals surface area contributed by atoms with Gasteiger partial charge in [-0.15, -0.1) is 0 Å². The summed E-state index contributed by atoms with van der Waals surface area (Å²) in [5.41, 5.74) is 3.62. The molecule has 41 heavy (non-hydrogen) atoms. The maximum absolute atomic E-state index is 15.0. The van der Waals surface area contributed by atoms with Crippen molar-refractivity contribution >= 4 is 34.7 Å². The summed E-state index contributed by atoms with van der Waals surface area (Å²) in [6.45, 7) is 2.01. The molecule has 2 unspecified atom stereocenters. The van der Waals surface area contributed by atoms with Gasteiger partial charge in [-0.3, -0.25) is 0 Å². The molecule has 2 saturated heterocycles. The number of carboxylic acid groups (broad SMARTS) is 1. The lowest BCUT2D eigenvalue weighted by Gasteiger charge is -2.43. The van der Waals surface area contributed by atoms with Crippen LogP contribution in [0.4, 0.5) is 15.0 Å². The number of piperidine rings is 1. The monoisotopic (exact) mass is 577 g/mol. The highest BCUT2D eigenvalue weighted by atomic mass is 35.5. The van der Waals surface area contributed by atoms with Gasteiger partial charge in [0.05, 0.1) is 12.2 Å². The first-order valence-corrected chi connectivity index (χ1v) is 14.3. The number of amides is 1. The van der Waals surface area contributed by atoms with E-state index in [9.17, 15) is 9.90 Å². The van der Waals surface area contributed by atoms with E-state index in [2.05, 4.69) is 21.3 Å². The molecule has 4 aromatic rings. The van der Waals surface area contributed by atoms with E-state index in [-0.39, 0.29) is 28.4 Å². The molecule has 2 aliphatic heterocycles. The van der Waals surface area contributed by atoms with Gasteiger partial charge >= 0.3 is 6.09 Å². The molecule has 0 radical (unpaired) electrons. The molecule has 212 valence electrons. The van der Waals surface area contributed by atoms with E-state index in [1.54, 1.807) is 10.9 Å². The number of aromatic nitrogens is 5. The van der Waals surface area contributed by atoms with Gasteiger partial charge in [0, 0.05) is 36.9 Å². The Balaban J connectivity index is 1.22. The Labute approximate surface area is 240 Å². The van der Waals surface area contributed by atoms with Gasteiger partial charge in [0.25, 0.3) is 0 Å². The van der Waals surface area contributed by atoms with Gasteiger partial charge in [0.15, 0.2) is 22.8 Å². The fourth-order valence-electron chi connectivity index (χ4n) is 6.74. The molecule has 0 saturated carbocycles. The van der Waals surface area contributed by atoms with Crippen LogP contribution in [0.3, 0.4) is 0 Å². The second-order valence-electron chi connectivity index (χ2n) is 11.1. The Morgan fingerprint density at radius 1 is 1.17 bits per heavy atom. The maximum Gasteiger partial charge on any atom is 0.405 e. The van der Waals surface area contributed by atoms with Gasteiger partial charge in [-0.1, -0.05) is 35.9 Å². The molecular weight excluding hydrogens is 549 g/mol. The van der Waals surface area contributed by atoms with Crippen LogP contribution in [0.1, 0.15) is 55.5 Å². The number of rotatable bonds is 4. The van der Waals surface area contributed by atoms with E-state index >= 15 is 4.39 Å². The number of fused-ring (bicyclic) bond motifs is 2. The minimum Gasteiger partial charge on any atom is -0.465 e. The highest BCUT2D eigenvalue weighted by molar-refractivity contribution is 6.29. The number of hydrogen-bond donors (Lipinski definition) is 2. The number of hydrogen-bond acceptors (Lipinski definition) is 7. The van der Waals surface area contributed by atoms with Gasteiger partial charge < -0.3 is 20.1 Å². The minimum absolute atomic E-state index is 0.195. The highest BCUT2D eigenvalue weighted by Crippen LogP contribution is 2.52. The normalized spacial score (nSPS) is 21.8. The van der Waals surface area contributed by atoms with Crippen molar-refractivity contribution in [1.29, 1.82) is 0 Å². The molecule has 5 heterocycles. The molecular formula is C29H29ClFN7O3. The Bertz CT molecular complexity index is 1630. The molecule has 7 rings (SSSR count). The number of benzene rings is 1. The quantitative estimate of drug-likeness (QED) is 0.304. The van der Waals surface area contributed by atoms with E-state index < -0.39 is 11.9 Å². The summed E-state index contributed by atoms with van der Waals surface area (Å²) in [6.07, 6.45) is 6.98. The second-order valence-corrected chi connectivity index (χ2v) is 11.4. The molecule has 1 aliphatic carbocycles. The number of carbonyl (C=O) groups is 1. The molecule has 1 aromatic carbocycles. The number of halogens is 2. The van der Waals surface area contributed by atoms with Crippen LogP contribution in [0.2, 0.25) is 5.15 Å². The number of anilines is 1. The summed E-state index contributed by atoms with van der Waals surface area (Å²) in [4.78, 5) is 27.5. The second kappa shape index (κ2) is 10.2. The third-order valence-corrected chi connectivity index (χ3v) is 9.06. The lowest BCUT2D eigenvalue weighted by atomic mass is 9.72. The van der Waals surface area contributed by atoms with Gasteiger partial charge in [-0.2, -0.15) is 5.10 Å². The van der Waals surface area contributed by atoms with Crippen LogP contribution >= 0.6 is 11.6 Å². The van der Waals surface area contributed by atoms with Crippen molar-refractivity contribution in [2.24, 2.45) is 5.41 Å². The van der Waals surface area contributed by atoms with E-state index in [4.69, 9.17) is 31.4 Å². The van der Waals surface area contributed by atoms with Crippen LogP contribution in [-0.2, 0) is 11.2 Å². The van der Waals surface area contributed by atoms with Gasteiger partial charge in [0.1, 0.15) is 17.0 Å². The molecule has 2 N–H and O–H groups in total. The van der Waals surface area contributed by atoms with Gasteiger partial charge in [-0.05, 0) is 55.7 Å². The molecule has 10 nitrogen and oxygen atoms in total. The first kappa shape index (κ1) is 26.1. The first-order valence-electron chi connectivity index (χ1n) is 13.9. The Morgan fingerprint density at radius 2 is 2.00 bits per heavy atom. The standard InChI is InChI=1S/C29H29ClFN7O3/c30-26-22(31)19(8-11-32-26)23-24-27(38(36-23)21-7-3-4-14-41-21)34-20(16-33-24)37-12-9-29(10-13-37)15-17-5-1-2-6-18(17)25(29)35-28(39)40/h1-2,5-6,8,11,16,21,25,35H,3-4,7,9-10,12-15H2,(H,39,40). The average Bonchev–Trinajstić information content (AvgIpc) is 3.50. The molecule has 1 amide bonds. The predicted molar refractivity (Wildman–Crippen MR) is 150 cm³/mol. The average molecular weight is 578 g/mol. The number of nitrogens with one attached hydrogen (secondary N) is 1. The van der Waals surface area contributed by atoms with Crippen LogP contribution < -0.4 is 10.2 Å². The Morgan fingerprint density at radius 3 is 2.78 bits per heavy atom. The summed E-state index contributed by atoms with van der Waals surface area (Å²) < 4.78 is 22.8. The minimum atomic E-state index is -1.01. The zero-order valence-corrected chi connectivity index (χ0v) is 23.0. The zero-order valence-electron chi connectivity index (χ0n) is 22.3. The molecule has 0 bridgehead atoms. The van der Waals surface area contributed by atoms with Crippen LogP contribution in [0.5, 0.6) is 0 Å². The van der Waals surface area contributed by atoms with Crippen molar-refractivity contribution in [3.63, 3.8) is 0 Å². The largest absolute Gasteiger partial charge is 0.465 e. The summed E-state index contributed by atoms with van der Waals surface area (Å²) in [6, 6.07) is 9.39. The summed E-state index contributed by atoms with van der Waals surface area (Å²) in [7, 11) is 0. The maximum atomic E-state index is 15.0. The summed E-state index contributed by atoms with van der Waals surface area (Å²) in [5.74, 6) is 0.0434. The number of ether oxygens (including phenoxy) is 1. The highest BCUT2D eigenvalue weighted by Gasteiger charge is 2.48. The molecule has 2 atom stereocenters. The van der Waals surface area contributed by atoms with E-state index in [1.807, 2.05) is 18.2 Å². The van der Waals surface area contributed by atoms with Crippen LogP contribution in [-0.4, -0.2) is 55.6 Å². The van der Waals surface area contributed by atoms with Crippen molar-refractivity contribution in [2.45, 2.75) is 50.8 Å². The SMILES string of the molecule is O=C(O)NC1c2ccccc2CC12CCN(c1cnc3c(-c4ccnc(Cl)c4F)nn(C4CCCCO4)c3n1)CC2. The molecule has 1 spiro atoms. The topological polar surface area (TPSA) is 118 Å². The fraction of sp³-hybridized carbons (Fsp3) is 0.414. The zero-order chi connectivity index (χ0) is 28.1. The van der Waals surface area contributed by atoms with Crippen molar-refractivity contribution in [2.75, 3.05) is 24.6 Å². The third-order valence-electron chi connectivity index (χ3n) is 8.79. The molecule has 3 aromatic heterocycles. The van der Waals surface area contributed by atoms with Gasteiger partial charge in [0.2, 0.25) is 0 Å². The van der Waals surface area contributed by atoms with Crippen molar-refractivity contribution < 1.29 is 19.0 Å². The van der Waals surface area contributed by atoms with E-state index in [1.165, 1.54) is 17.8 Å². The molecule has 2 fully saturated rings. The van der Waals surface area contributed by atoms with Crippen LogP contribution in [0.15, 0.2) is 42.7 Å². The molecule has 3 aliphatic rings. The predicted octanol–water partition coefficient (Wildman–Crippen LogP) is 5.53. The van der Waals surface area contributed by atoms with E-state index in [0.29, 0.717) is 42.4 Å². The van der Waals surface area contributed by atoms with Gasteiger partial charge in [-0.25, -0.2) is 28.8 Å². The van der Waals surface area contributed by atoms with E-state index in [0.717, 1.165) is 44.1 Å². The summed E-state index contributed by atoms with van der Waals surface area (Å²) in [5, 5.41) is 16.9. The summed E-state index contributed by atoms with van der Waals surface area (Å²) >= 11 is 5.99. The van der Waals surface area contributed by atoms with Crippen molar-refractivity contribution in [3.8, 4) is 11.3 Å². The lowest BCUT2D eigenvalue weighted by Crippen LogP contribution is -2.47. The van der Waals surface area contributed by atoms with Crippen LogP contribution in [0, 0.1) is 11.2 Å². The number of nitrogens with zero attached hydrogens (tertiary/aromatic N) is 6. The third kappa shape index (κ3) is 4.47. The Kier molecular flexibility index (Phi) is 6.50. The van der Waals surface area contributed by atoms with Crippen LogP contribution in [0.25, 0.3) is 22.4 Å². The van der Waals surface area contributed by atoms with Crippen molar-refractivity contribution in [3.05, 3.63) is 64.8 Å². The first-order chi connectivity index (χ1) is 19.9. The molecule has 12 heteroatoms. The smallest absolute Gasteiger partial charge is 0.405 e.